The zero-order valence-corrected chi connectivity index (χ0v) is 11.4. The molecular weight excluding hydrogens is 250 g/mol. The second-order valence-electron chi connectivity index (χ2n) is 4.45. The number of hydrogen-bond donors (Lipinski definition) is 1. The molecule has 0 bridgehead atoms. The van der Waals surface area contributed by atoms with E-state index in [4.69, 9.17) is 15.2 Å². The maximum absolute atomic E-state index is 12.3. The first-order valence-electron chi connectivity index (χ1n) is 6.07. The SMILES string of the molecule is COc1cc(N)cc(CS(=O)C2CCOCC2)c1. The van der Waals surface area contributed by atoms with E-state index in [2.05, 4.69) is 0 Å². The Morgan fingerprint density at radius 2 is 2.11 bits per heavy atom. The molecule has 1 aromatic rings. The molecule has 1 atom stereocenters. The second kappa shape index (κ2) is 6.20. The Labute approximate surface area is 110 Å². The topological polar surface area (TPSA) is 61.5 Å². The molecule has 1 saturated heterocycles. The smallest absolute Gasteiger partial charge is 0.121 e. The van der Waals surface area contributed by atoms with E-state index >= 15 is 0 Å². The third kappa shape index (κ3) is 3.46. The highest BCUT2D eigenvalue weighted by molar-refractivity contribution is 7.84. The Balaban J connectivity index is 2.03. The summed E-state index contributed by atoms with van der Waals surface area (Å²) in [6, 6.07) is 5.52. The number of hydrogen-bond acceptors (Lipinski definition) is 4. The average molecular weight is 269 g/mol. The van der Waals surface area contributed by atoms with Gasteiger partial charge in [0.2, 0.25) is 0 Å². The highest BCUT2D eigenvalue weighted by Gasteiger charge is 2.20. The van der Waals surface area contributed by atoms with Crippen LogP contribution in [0.3, 0.4) is 0 Å². The Morgan fingerprint density at radius 1 is 1.39 bits per heavy atom. The molecule has 1 aliphatic heterocycles. The van der Waals surface area contributed by atoms with Crippen LogP contribution in [0, 0.1) is 0 Å². The van der Waals surface area contributed by atoms with Gasteiger partial charge >= 0.3 is 0 Å². The van der Waals surface area contributed by atoms with Gasteiger partial charge in [0.15, 0.2) is 0 Å². The van der Waals surface area contributed by atoms with Gasteiger partial charge in [0.1, 0.15) is 5.75 Å². The van der Waals surface area contributed by atoms with E-state index in [0.29, 0.717) is 17.2 Å². The monoisotopic (exact) mass is 269 g/mol. The normalized spacial score (nSPS) is 18.5. The molecule has 0 saturated carbocycles. The van der Waals surface area contributed by atoms with E-state index in [9.17, 15) is 4.21 Å². The summed E-state index contributed by atoms with van der Waals surface area (Å²) in [4.78, 5) is 0. The molecule has 2 N–H and O–H groups in total. The summed E-state index contributed by atoms with van der Waals surface area (Å²) in [5.41, 5.74) is 7.41. The highest BCUT2D eigenvalue weighted by atomic mass is 32.2. The molecular formula is C13H19NO3S. The van der Waals surface area contributed by atoms with Crippen LogP contribution in [0.4, 0.5) is 5.69 Å². The van der Waals surface area contributed by atoms with E-state index < -0.39 is 10.8 Å². The lowest BCUT2D eigenvalue weighted by Crippen LogP contribution is -2.25. The number of rotatable bonds is 4. The predicted octanol–water partition coefficient (Wildman–Crippen LogP) is 1.71. The van der Waals surface area contributed by atoms with Gasteiger partial charge in [0.25, 0.3) is 0 Å². The van der Waals surface area contributed by atoms with Gasteiger partial charge in [-0.05, 0) is 30.5 Å². The maximum Gasteiger partial charge on any atom is 0.121 e. The van der Waals surface area contributed by atoms with Crippen LogP contribution in [0.1, 0.15) is 18.4 Å². The number of nitrogen functional groups attached to an aromatic ring is 1. The number of ether oxygens (including phenoxy) is 2. The van der Waals surface area contributed by atoms with Crippen LogP contribution in [-0.2, 0) is 21.3 Å². The Kier molecular flexibility index (Phi) is 4.60. The lowest BCUT2D eigenvalue weighted by molar-refractivity contribution is 0.0992. The molecule has 1 aliphatic rings. The Bertz CT molecular complexity index is 430. The van der Waals surface area contributed by atoms with E-state index in [1.165, 1.54) is 0 Å². The number of anilines is 1. The van der Waals surface area contributed by atoms with Gasteiger partial charge in [0, 0.05) is 46.8 Å². The summed E-state index contributed by atoms with van der Waals surface area (Å²) in [6.07, 6.45) is 1.76. The van der Waals surface area contributed by atoms with Gasteiger partial charge in [0.05, 0.1) is 7.11 Å². The van der Waals surface area contributed by atoms with Crippen molar-refractivity contribution < 1.29 is 13.7 Å². The lowest BCUT2D eigenvalue weighted by Gasteiger charge is -2.21. The van der Waals surface area contributed by atoms with Crippen LogP contribution in [0.15, 0.2) is 18.2 Å². The molecule has 0 amide bonds. The van der Waals surface area contributed by atoms with Gasteiger partial charge in [-0.2, -0.15) is 0 Å². The second-order valence-corrected chi connectivity index (χ2v) is 6.17. The van der Waals surface area contributed by atoms with Crippen LogP contribution in [0.25, 0.3) is 0 Å². The van der Waals surface area contributed by atoms with Crippen molar-refractivity contribution in [3.8, 4) is 5.75 Å². The van der Waals surface area contributed by atoms with Gasteiger partial charge < -0.3 is 15.2 Å². The summed E-state index contributed by atoms with van der Waals surface area (Å²) >= 11 is 0. The molecule has 18 heavy (non-hydrogen) atoms. The molecule has 0 radical (unpaired) electrons. The van der Waals surface area contributed by atoms with Crippen LogP contribution in [-0.4, -0.2) is 29.8 Å². The van der Waals surface area contributed by atoms with Crippen molar-refractivity contribution in [3.63, 3.8) is 0 Å². The van der Waals surface area contributed by atoms with E-state index in [0.717, 1.165) is 31.6 Å². The summed E-state index contributed by atoms with van der Waals surface area (Å²) in [5.74, 6) is 1.25. The Morgan fingerprint density at radius 3 is 2.78 bits per heavy atom. The van der Waals surface area contributed by atoms with Gasteiger partial charge in [-0.3, -0.25) is 4.21 Å². The first-order chi connectivity index (χ1) is 8.69. The van der Waals surface area contributed by atoms with Crippen LogP contribution in [0.2, 0.25) is 0 Å². The molecule has 2 rings (SSSR count). The fourth-order valence-electron chi connectivity index (χ4n) is 2.11. The summed E-state index contributed by atoms with van der Waals surface area (Å²) < 4.78 is 22.7. The van der Waals surface area contributed by atoms with Crippen molar-refractivity contribution in [2.45, 2.75) is 23.8 Å². The van der Waals surface area contributed by atoms with Crippen LogP contribution < -0.4 is 10.5 Å². The van der Waals surface area contributed by atoms with Crippen LogP contribution >= 0.6 is 0 Å². The Hall–Kier alpha value is -1.07. The van der Waals surface area contributed by atoms with Crippen molar-refractivity contribution >= 4 is 16.5 Å². The minimum Gasteiger partial charge on any atom is -0.497 e. The third-order valence-electron chi connectivity index (χ3n) is 3.07. The fourth-order valence-corrected chi connectivity index (χ4v) is 3.56. The van der Waals surface area contributed by atoms with Crippen molar-refractivity contribution in [3.05, 3.63) is 23.8 Å². The van der Waals surface area contributed by atoms with Crippen molar-refractivity contribution in [2.75, 3.05) is 26.1 Å². The van der Waals surface area contributed by atoms with Gasteiger partial charge in [-0.15, -0.1) is 0 Å². The van der Waals surface area contributed by atoms with Crippen molar-refractivity contribution in [1.82, 2.24) is 0 Å². The molecule has 100 valence electrons. The molecule has 0 spiro atoms. The summed E-state index contributed by atoms with van der Waals surface area (Å²) in [7, 11) is 0.738. The van der Waals surface area contributed by atoms with Gasteiger partial charge in [-0.1, -0.05) is 0 Å². The molecule has 4 nitrogen and oxygen atoms in total. The molecule has 0 aromatic heterocycles. The highest BCUT2D eigenvalue weighted by Crippen LogP contribution is 2.22. The minimum atomic E-state index is -0.867. The van der Waals surface area contributed by atoms with E-state index in [-0.39, 0.29) is 5.25 Å². The van der Waals surface area contributed by atoms with E-state index in [1.807, 2.05) is 12.1 Å². The standard InChI is InChI=1S/C13H19NO3S/c1-16-12-7-10(6-11(14)8-12)9-18(15)13-2-4-17-5-3-13/h6-8,13H,2-5,9,14H2,1H3. The molecule has 1 heterocycles. The predicted molar refractivity (Wildman–Crippen MR) is 73.1 cm³/mol. The fraction of sp³-hybridized carbons (Fsp3) is 0.538. The third-order valence-corrected chi connectivity index (χ3v) is 4.91. The molecule has 5 heteroatoms. The zero-order valence-electron chi connectivity index (χ0n) is 10.6. The number of methoxy groups -OCH3 is 1. The number of nitrogens with two attached hydrogens (primary N) is 1. The lowest BCUT2D eigenvalue weighted by atomic mass is 10.2. The van der Waals surface area contributed by atoms with E-state index in [1.54, 1.807) is 13.2 Å². The minimum absolute atomic E-state index is 0.242. The van der Waals surface area contributed by atoms with Gasteiger partial charge in [-0.25, -0.2) is 0 Å². The van der Waals surface area contributed by atoms with Crippen molar-refractivity contribution in [2.24, 2.45) is 0 Å². The van der Waals surface area contributed by atoms with Crippen LogP contribution in [0.5, 0.6) is 5.75 Å². The average Bonchev–Trinajstić information content (AvgIpc) is 2.39. The first-order valence-corrected chi connectivity index (χ1v) is 7.45. The first kappa shape index (κ1) is 13.4. The largest absolute Gasteiger partial charge is 0.497 e. The summed E-state index contributed by atoms with van der Waals surface area (Å²) in [6.45, 7) is 1.44. The molecule has 0 aliphatic carbocycles. The molecule has 1 aromatic carbocycles. The molecule has 1 unspecified atom stereocenters. The van der Waals surface area contributed by atoms with Crippen molar-refractivity contribution in [1.29, 1.82) is 0 Å². The number of benzene rings is 1. The summed E-state index contributed by atoms with van der Waals surface area (Å²) in [5, 5.41) is 0.242. The zero-order chi connectivity index (χ0) is 13.0. The maximum atomic E-state index is 12.3. The quantitative estimate of drug-likeness (QED) is 0.845. The molecule has 1 fully saturated rings.